The van der Waals surface area contributed by atoms with Gasteiger partial charge in [0.2, 0.25) is 0 Å². The topological polar surface area (TPSA) is 21.3 Å². The zero-order valence-electron chi connectivity index (χ0n) is 8.12. The largest absolute Gasteiger partial charge is 0.490 e. The van der Waals surface area contributed by atoms with E-state index in [-0.39, 0.29) is 0 Å². The van der Waals surface area contributed by atoms with Crippen LogP contribution in [0, 0.1) is 0 Å². The molecule has 1 heterocycles. The van der Waals surface area contributed by atoms with E-state index in [4.69, 9.17) is 4.74 Å². The first-order chi connectivity index (χ1) is 6.84. The standard InChI is InChI=1S/C11H15NOS/c14-11-3-1-9(2-4-11)13-10-5-7-12-8-6-10/h1-4,10,12,14H,5-8H2/p+1. The molecule has 0 saturated carbocycles. The van der Waals surface area contributed by atoms with Crippen molar-refractivity contribution in [3.63, 3.8) is 0 Å². The summed E-state index contributed by atoms with van der Waals surface area (Å²) in [6.45, 7) is 2.14. The van der Waals surface area contributed by atoms with Gasteiger partial charge in [-0.1, -0.05) is 0 Å². The number of ether oxygens (including phenoxy) is 1. The minimum absolute atomic E-state index is 0.386. The molecule has 1 fully saturated rings. The molecule has 0 radical (unpaired) electrons. The molecule has 0 unspecified atom stereocenters. The molecule has 3 heteroatoms. The molecular formula is C11H16NOS+. The third-order valence-electron chi connectivity index (χ3n) is 2.44. The summed E-state index contributed by atoms with van der Waals surface area (Å²) in [5.41, 5.74) is 0. The van der Waals surface area contributed by atoms with Crippen LogP contribution in [0.25, 0.3) is 0 Å². The highest BCUT2D eigenvalue weighted by Gasteiger charge is 2.14. The fourth-order valence-corrected chi connectivity index (χ4v) is 1.81. The highest BCUT2D eigenvalue weighted by Crippen LogP contribution is 2.17. The van der Waals surface area contributed by atoms with Crippen LogP contribution >= 0.6 is 0 Å². The van der Waals surface area contributed by atoms with Crippen LogP contribution in [0.5, 0.6) is 5.75 Å². The predicted octanol–water partition coefficient (Wildman–Crippen LogP) is 1.19. The number of piperidine rings is 1. The number of rotatable bonds is 2. The lowest BCUT2D eigenvalue weighted by Crippen LogP contribution is -2.34. The highest BCUT2D eigenvalue weighted by atomic mass is 32.1. The average Bonchev–Trinajstić information content (AvgIpc) is 2.23. The lowest BCUT2D eigenvalue weighted by molar-refractivity contribution is 0.162. The van der Waals surface area contributed by atoms with Crippen molar-refractivity contribution in [3.8, 4) is 5.75 Å². The van der Waals surface area contributed by atoms with E-state index in [1.807, 2.05) is 24.3 Å². The van der Waals surface area contributed by atoms with Crippen molar-refractivity contribution in [1.82, 2.24) is 5.32 Å². The van der Waals surface area contributed by atoms with Gasteiger partial charge in [-0.2, -0.15) is 0 Å². The molecule has 2 rings (SSSR count). The molecule has 76 valence electrons. The fourth-order valence-electron chi connectivity index (χ4n) is 1.64. The molecule has 14 heavy (non-hydrogen) atoms. The molecule has 0 amide bonds. The van der Waals surface area contributed by atoms with Crippen molar-refractivity contribution >= 4 is 12.6 Å². The second-order valence-electron chi connectivity index (χ2n) is 3.59. The summed E-state index contributed by atoms with van der Waals surface area (Å²) < 4.78 is 5.85. The SMILES string of the molecule is [SH2+]c1ccc(OC2CCNCC2)cc1. The number of hydrogen-bond acceptors (Lipinski definition) is 2. The summed E-state index contributed by atoms with van der Waals surface area (Å²) in [5, 5.41) is 3.32. The summed E-state index contributed by atoms with van der Waals surface area (Å²) in [4.78, 5) is 1.09. The van der Waals surface area contributed by atoms with Gasteiger partial charge < -0.3 is 10.1 Å². The van der Waals surface area contributed by atoms with E-state index in [2.05, 4.69) is 17.9 Å². The van der Waals surface area contributed by atoms with Crippen LogP contribution in [0.4, 0.5) is 0 Å². The van der Waals surface area contributed by atoms with E-state index in [9.17, 15) is 0 Å². The van der Waals surface area contributed by atoms with Crippen LogP contribution in [-0.2, 0) is 12.6 Å². The maximum atomic E-state index is 5.85. The van der Waals surface area contributed by atoms with Gasteiger partial charge in [-0.15, -0.1) is 0 Å². The van der Waals surface area contributed by atoms with Crippen molar-refractivity contribution in [1.29, 1.82) is 0 Å². The monoisotopic (exact) mass is 210 g/mol. The third kappa shape index (κ3) is 2.66. The lowest BCUT2D eigenvalue weighted by atomic mass is 10.1. The first kappa shape index (κ1) is 9.87. The molecule has 1 aliphatic heterocycles. The van der Waals surface area contributed by atoms with Gasteiger partial charge in [0, 0.05) is 0 Å². The van der Waals surface area contributed by atoms with Crippen LogP contribution in [-0.4, -0.2) is 19.2 Å². The second-order valence-corrected chi connectivity index (χ2v) is 4.17. The molecule has 1 aliphatic rings. The summed E-state index contributed by atoms with van der Waals surface area (Å²) >= 11 is 3.45. The van der Waals surface area contributed by atoms with Gasteiger partial charge in [-0.25, -0.2) is 0 Å². The van der Waals surface area contributed by atoms with E-state index in [1.54, 1.807) is 0 Å². The van der Waals surface area contributed by atoms with Gasteiger partial charge in [-0.05, 0) is 62.8 Å². The Morgan fingerprint density at radius 1 is 1.14 bits per heavy atom. The summed E-state index contributed by atoms with van der Waals surface area (Å²) in [6, 6.07) is 8.02. The van der Waals surface area contributed by atoms with Gasteiger partial charge in [0.1, 0.15) is 11.9 Å². The van der Waals surface area contributed by atoms with Crippen LogP contribution < -0.4 is 10.1 Å². The Morgan fingerprint density at radius 2 is 1.79 bits per heavy atom. The normalized spacial score (nSPS) is 18.1. The van der Waals surface area contributed by atoms with Crippen LogP contribution in [0.1, 0.15) is 12.8 Å². The van der Waals surface area contributed by atoms with Gasteiger partial charge in [0.25, 0.3) is 0 Å². The lowest BCUT2D eigenvalue weighted by Gasteiger charge is -2.23. The predicted molar refractivity (Wildman–Crippen MR) is 61.4 cm³/mol. The van der Waals surface area contributed by atoms with Gasteiger partial charge in [0.05, 0.1) is 0 Å². The minimum Gasteiger partial charge on any atom is -0.490 e. The van der Waals surface area contributed by atoms with Crippen molar-refractivity contribution in [2.45, 2.75) is 23.8 Å². The molecule has 0 aliphatic carbocycles. The van der Waals surface area contributed by atoms with Crippen molar-refractivity contribution < 1.29 is 4.74 Å². The number of nitrogens with one attached hydrogen (secondary N) is 1. The van der Waals surface area contributed by atoms with Crippen molar-refractivity contribution in [3.05, 3.63) is 24.3 Å². The second kappa shape index (κ2) is 4.71. The molecule has 1 aromatic carbocycles. The highest BCUT2D eigenvalue weighted by molar-refractivity contribution is 7.58. The van der Waals surface area contributed by atoms with Crippen molar-refractivity contribution in [2.75, 3.05) is 13.1 Å². The Bertz CT molecular complexity index is 280. The van der Waals surface area contributed by atoms with E-state index in [0.717, 1.165) is 36.6 Å². The zero-order chi connectivity index (χ0) is 9.80. The van der Waals surface area contributed by atoms with E-state index in [0.29, 0.717) is 6.10 Å². The number of hydrogen-bond donors (Lipinski definition) is 1. The van der Waals surface area contributed by atoms with Gasteiger partial charge in [-0.3, -0.25) is 0 Å². The smallest absolute Gasteiger partial charge is 0.150 e. The summed E-state index contributed by atoms with van der Waals surface area (Å²) in [6.07, 6.45) is 2.60. The fraction of sp³-hybridized carbons (Fsp3) is 0.455. The maximum Gasteiger partial charge on any atom is 0.150 e. The Hall–Kier alpha value is -0.670. The first-order valence-electron chi connectivity index (χ1n) is 5.03. The van der Waals surface area contributed by atoms with E-state index < -0.39 is 0 Å². The zero-order valence-corrected chi connectivity index (χ0v) is 9.12. The average molecular weight is 210 g/mol. The summed E-state index contributed by atoms with van der Waals surface area (Å²) in [7, 11) is 0. The molecule has 1 saturated heterocycles. The Labute approximate surface area is 90.1 Å². The van der Waals surface area contributed by atoms with E-state index >= 15 is 0 Å². The Kier molecular flexibility index (Phi) is 3.32. The third-order valence-corrected chi connectivity index (χ3v) is 2.78. The van der Waals surface area contributed by atoms with Crippen LogP contribution in [0.15, 0.2) is 29.2 Å². The number of benzene rings is 1. The molecule has 2 nitrogen and oxygen atoms in total. The van der Waals surface area contributed by atoms with Crippen LogP contribution in [0.2, 0.25) is 0 Å². The molecule has 1 aromatic rings. The summed E-state index contributed by atoms with van der Waals surface area (Å²) in [5.74, 6) is 0.971. The van der Waals surface area contributed by atoms with Gasteiger partial charge in [0.15, 0.2) is 4.90 Å². The minimum atomic E-state index is 0.386. The molecule has 0 aromatic heterocycles. The van der Waals surface area contributed by atoms with Crippen LogP contribution in [0.3, 0.4) is 0 Å². The van der Waals surface area contributed by atoms with E-state index in [1.165, 1.54) is 0 Å². The first-order valence-corrected chi connectivity index (χ1v) is 5.53. The quantitative estimate of drug-likeness (QED) is 0.740. The maximum absolute atomic E-state index is 5.85. The molecule has 0 bridgehead atoms. The van der Waals surface area contributed by atoms with Crippen molar-refractivity contribution in [2.24, 2.45) is 0 Å². The van der Waals surface area contributed by atoms with Gasteiger partial charge >= 0.3 is 0 Å². The molecule has 0 atom stereocenters. The Balaban J connectivity index is 1.92. The molecule has 1 N–H and O–H groups in total. The molecule has 0 spiro atoms. The molecular weight excluding hydrogens is 194 g/mol. The Morgan fingerprint density at radius 3 is 2.43 bits per heavy atom.